The van der Waals surface area contributed by atoms with Gasteiger partial charge in [0, 0.05) is 18.3 Å². The number of halogens is 2. The predicted octanol–water partition coefficient (Wildman–Crippen LogP) is 2.57. The van der Waals surface area contributed by atoms with E-state index in [1.165, 1.54) is 37.5 Å². The number of aliphatic hydroxyl groups excluding tert-OH is 1. The Morgan fingerprint density at radius 2 is 2.22 bits per heavy atom. The Hall–Kier alpha value is -0.840. The quantitative estimate of drug-likeness (QED) is 0.727. The molecule has 1 aliphatic rings. The molecular weight excluding hydrogens is 255 g/mol. The largest absolute Gasteiger partial charge is 0.399 e. The van der Waals surface area contributed by atoms with Crippen LogP contribution in [0.5, 0.6) is 0 Å². The van der Waals surface area contributed by atoms with Crippen LogP contribution in [0.15, 0.2) is 18.2 Å². The Kier molecular flexibility index (Phi) is 7.01. The standard InChI is InChI=1S/C7H15NO.C6H5ClFN/c9-6-4-7-3-1-2-5-8-7;7-5-3-4(9)1-2-6(5)8/h7-9H,1-6H2;1-3H,9H2. The number of hydrogen-bond donors (Lipinski definition) is 3. The molecule has 1 fully saturated rings. The molecule has 102 valence electrons. The third-order valence-electron chi connectivity index (χ3n) is 2.83. The van der Waals surface area contributed by atoms with Crippen molar-refractivity contribution in [2.24, 2.45) is 0 Å². The second-order valence-corrected chi connectivity index (χ2v) is 4.74. The first-order valence-corrected chi connectivity index (χ1v) is 6.56. The highest BCUT2D eigenvalue weighted by Gasteiger charge is 2.10. The Morgan fingerprint density at radius 3 is 2.72 bits per heavy atom. The summed E-state index contributed by atoms with van der Waals surface area (Å²) < 4.78 is 12.3. The molecule has 1 atom stereocenters. The van der Waals surface area contributed by atoms with Crippen molar-refractivity contribution in [3.05, 3.63) is 29.0 Å². The van der Waals surface area contributed by atoms with Gasteiger partial charge in [-0.2, -0.15) is 0 Å². The van der Waals surface area contributed by atoms with E-state index in [4.69, 9.17) is 22.4 Å². The van der Waals surface area contributed by atoms with Crippen LogP contribution in [0.25, 0.3) is 0 Å². The highest BCUT2D eigenvalue weighted by Crippen LogP contribution is 2.16. The molecule has 1 heterocycles. The predicted molar refractivity (Wildman–Crippen MR) is 73.2 cm³/mol. The fraction of sp³-hybridized carbons (Fsp3) is 0.538. The van der Waals surface area contributed by atoms with Crippen LogP contribution < -0.4 is 11.1 Å². The van der Waals surface area contributed by atoms with E-state index < -0.39 is 5.82 Å². The van der Waals surface area contributed by atoms with E-state index in [9.17, 15) is 4.39 Å². The third-order valence-corrected chi connectivity index (χ3v) is 3.12. The number of hydrogen-bond acceptors (Lipinski definition) is 3. The molecule has 0 spiro atoms. The molecule has 1 saturated heterocycles. The molecule has 5 heteroatoms. The molecule has 0 aromatic heterocycles. The van der Waals surface area contributed by atoms with Gasteiger partial charge in [-0.25, -0.2) is 4.39 Å². The lowest BCUT2D eigenvalue weighted by molar-refractivity contribution is 0.250. The van der Waals surface area contributed by atoms with Crippen molar-refractivity contribution in [1.29, 1.82) is 0 Å². The number of nitrogen functional groups attached to an aromatic ring is 1. The molecule has 3 nitrogen and oxygen atoms in total. The van der Waals surface area contributed by atoms with Crippen molar-refractivity contribution in [3.8, 4) is 0 Å². The van der Waals surface area contributed by atoms with E-state index >= 15 is 0 Å². The lowest BCUT2D eigenvalue weighted by atomic mass is 10.0. The van der Waals surface area contributed by atoms with Gasteiger partial charge in [0.15, 0.2) is 0 Å². The second-order valence-electron chi connectivity index (χ2n) is 4.33. The van der Waals surface area contributed by atoms with Crippen molar-refractivity contribution >= 4 is 17.3 Å². The zero-order valence-corrected chi connectivity index (χ0v) is 11.1. The maximum Gasteiger partial charge on any atom is 0.141 e. The molecule has 2 rings (SSSR count). The summed E-state index contributed by atoms with van der Waals surface area (Å²) >= 11 is 5.36. The summed E-state index contributed by atoms with van der Waals surface area (Å²) in [6.07, 6.45) is 4.82. The first-order valence-electron chi connectivity index (χ1n) is 6.18. The summed E-state index contributed by atoms with van der Waals surface area (Å²) in [6.45, 7) is 1.47. The molecule has 18 heavy (non-hydrogen) atoms. The first kappa shape index (κ1) is 15.2. The zero-order valence-electron chi connectivity index (χ0n) is 10.3. The Labute approximate surface area is 112 Å². The lowest BCUT2D eigenvalue weighted by Gasteiger charge is -2.22. The number of benzene rings is 1. The molecule has 0 amide bonds. The van der Waals surface area contributed by atoms with Gasteiger partial charge in [-0.15, -0.1) is 0 Å². The van der Waals surface area contributed by atoms with Crippen LogP contribution >= 0.6 is 11.6 Å². The molecule has 1 aromatic carbocycles. The van der Waals surface area contributed by atoms with Crippen LogP contribution in [0.3, 0.4) is 0 Å². The molecule has 0 radical (unpaired) electrons. The van der Waals surface area contributed by atoms with Gasteiger partial charge in [0.2, 0.25) is 0 Å². The van der Waals surface area contributed by atoms with E-state index in [0.717, 1.165) is 13.0 Å². The van der Waals surface area contributed by atoms with Crippen LogP contribution in [0.2, 0.25) is 5.02 Å². The smallest absolute Gasteiger partial charge is 0.141 e. The maximum absolute atomic E-state index is 12.3. The summed E-state index contributed by atoms with van der Waals surface area (Å²) in [5.41, 5.74) is 5.75. The molecule has 4 N–H and O–H groups in total. The molecular formula is C13H20ClFN2O. The summed E-state index contributed by atoms with van der Waals surface area (Å²) in [6, 6.07) is 4.67. The molecule has 1 aliphatic heterocycles. The van der Waals surface area contributed by atoms with Crippen molar-refractivity contribution < 1.29 is 9.50 Å². The number of nitrogens with one attached hydrogen (secondary N) is 1. The van der Waals surface area contributed by atoms with E-state index in [0.29, 0.717) is 18.3 Å². The SMILES string of the molecule is Nc1ccc(F)c(Cl)c1.OCCC1CCCCN1. The topological polar surface area (TPSA) is 58.3 Å². The molecule has 1 aromatic rings. The first-order chi connectivity index (χ1) is 8.63. The van der Waals surface area contributed by atoms with Gasteiger partial charge in [0.1, 0.15) is 5.82 Å². The molecule has 1 unspecified atom stereocenters. The van der Waals surface area contributed by atoms with Gasteiger partial charge in [-0.05, 0) is 44.0 Å². The van der Waals surface area contributed by atoms with Crippen molar-refractivity contribution in [2.75, 3.05) is 18.9 Å². The van der Waals surface area contributed by atoms with Crippen molar-refractivity contribution in [1.82, 2.24) is 5.32 Å². The molecule has 0 bridgehead atoms. The van der Waals surface area contributed by atoms with Crippen LogP contribution in [0, 0.1) is 5.82 Å². The van der Waals surface area contributed by atoms with Crippen molar-refractivity contribution in [3.63, 3.8) is 0 Å². The van der Waals surface area contributed by atoms with Crippen molar-refractivity contribution in [2.45, 2.75) is 31.7 Å². The Morgan fingerprint density at radius 1 is 1.44 bits per heavy atom. The average molecular weight is 275 g/mol. The summed E-state index contributed by atoms with van der Waals surface area (Å²) in [5, 5.41) is 12.0. The van der Waals surface area contributed by atoms with Gasteiger partial charge in [0.25, 0.3) is 0 Å². The second kappa shape index (κ2) is 8.29. The fourth-order valence-electron chi connectivity index (χ4n) is 1.84. The van der Waals surface area contributed by atoms with Crippen LogP contribution in [0.4, 0.5) is 10.1 Å². The van der Waals surface area contributed by atoms with Crippen LogP contribution in [0.1, 0.15) is 25.7 Å². The van der Waals surface area contributed by atoms with Crippen LogP contribution in [-0.2, 0) is 0 Å². The minimum Gasteiger partial charge on any atom is -0.399 e. The Balaban J connectivity index is 0.000000180. The number of nitrogens with two attached hydrogens (primary N) is 1. The molecule has 0 aliphatic carbocycles. The number of aliphatic hydroxyl groups is 1. The van der Waals surface area contributed by atoms with Gasteiger partial charge >= 0.3 is 0 Å². The van der Waals surface area contributed by atoms with Gasteiger partial charge in [-0.3, -0.25) is 0 Å². The van der Waals surface area contributed by atoms with E-state index in [1.807, 2.05) is 0 Å². The Bertz CT molecular complexity index is 354. The number of rotatable bonds is 2. The zero-order chi connectivity index (χ0) is 13.4. The molecule has 0 saturated carbocycles. The van der Waals surface area contributed by atoms with E-state index in [1.54, 1.807) is 0 Å². The summed E-state index contributed by atoms with van der Waals surface area (Å²) in [5.74, 6) is -0.439. The van der Waals surface area contributed by atoms with E-state index in [-0.39, 0.29) is 5.02 Å². The monoisotopic (exact) mass is 274 g/mol. The average Bonchev–Trinajstić information content (AvgIpc) is 2.37. The summed E-state index contributed by atoms with van der Waals surface area (Å²) in [7, 11) is 0. The minimum absolute atomic E-state index is 0.0648. The van der Waals surface area contributed by atoms with Gasteiger partial charge in [-0.1, -0.05) is 18.0 Å². The fourth-order valence-corrected chi connectivity index (χ4v) is 2.03. The third kappa shape index (κ3) is 5.67. The van der Waals surface area contributed by atoms with Crippen LogP contribution in [-0.4, -0.2) is 24.3 Å². The highest BCUT2D eigenvalue weighted by molar-refractivity contribution is 6.31. The van der Waals surface area contributed by atoms with E-state index in [2.05, 4.69) is 5.32 Å². The minimum atomic E-state index is -0.439. The maximum atomic E-state index is 12.3. The van der Waals surface area contributed by atoms with Gasteiger partial charge < -0.3 is 16.2 Å². The normalized spacial score (nSPS) is 18.9. The van der Waals surface area contributed by atoms with Gasteiger partial charge in [0.05, 0.1) is 5.02 Å². The number of anilines is 1. The summed E-state index contributed by atoms with van der Waals surface area (Å²) in [4.78, 5) is 0. The highest BCUT2D eigenvalue weighted by atomic mass is 35.5. The number of piperidine rings is 1. The lowest BCUT2D eigenvalue weighted by Crippen LogP contribution is -2.34.